The highest BCUT2D eigenvalue weighted by Crippen LogP contribution is 2.26. The highest BCUT2D eigenvalue weighted by Gasteiger charge is 2.22. The van der Waals surface area contributed by atoms with E-state index in [9.17, 15) is 9.59 Å². The summed E-state index contributed by atoms with van der Waals surface area (Å²) < 4.78 is 10.7. The van der Waals surface area contributed by atoms with Crippen molar-refractivity contribution in [2.75, 3.05) is 24.7 Å². The van der Waals surface area contributed by atoms with Crippen LogP contribution in [0, 0.1) is 37.0 Å². The minimum atomic E-state index is -0.322. The molecule has 0 unspecified atom stereocenters. The minimum Gasteiger partial charge on any atom is -0.481 e. The maximum atomic E-state index is 12.9. The molecule has 34 heavy (non-hydrogen) atoms. The first-order chi connectivity index (χ1) is 16.1. The molecule has 2 aromatic rings. The number of amides is 1. The summed E-state index contributed by atoms with van der Waals surface area (Å²) in [6, 6.07) is 10.8. The number of benzene rings is 2. The largest absolute Gasteiger partial charge is 0.481 e. The maximum absolute atomic E-state index is 12.9. The summed E-state index contributed by atoms with van der Waals surface area (Å²) in [5, 5.41) is 7.42. The van der Waals surface area contributed by atoms with Gasteiger partial charge < -0.3 is 20.1 Å². The van der Waals surface area contributed by atoms with Crippen LogP contribution in [-0.2, 0) is 14.3 Å². The number of nitrogens with zero attached hydrogens (tertiary/aromatic N) is 1. The second-order valence-corrected chi connectivity index (χ2v) is 8.18. The molecule has 1 amide bonds. The predicted molar refractivity (Wildman–Crippen MR) is 134 cm³/mol. The Hall–Kier alpha value is -3.79. The molecule has 2 rings (SSSR count). The summed E-state index contributed by atoms with van der Waals surface area (Å²) in [5.41, 5.74) is 9.53. The van der Waals surface area contributed by atoms with Crippen molar-refractivity contribution in [1.82, 2.24) is 0 Å². The fraction of sp³-hybridized carbons (Fsp3) is 0.370. The van der Waals surface area contributed by atoms with Crippen molar-refractivity contribution in [1.29, 1.82) is 5.41 Å². The number of aryl methyl sites for hydroxylation is 2. The van der Waals surface area contributed by atoms with Crippen LogP contribution >= 0.6 is 0 Å². The number of esters is 1. The molecule has 0 bridgehead atoms. The predicted octanol–water partition coefficient (Wildman–Crippen LogP) is 3.96. The van der Waals surface area contributed by atoms with Crippen molar-refractivity contribution in [3.8, 4) is 17.6 Å². The Labute approximate surface area is 201 Å². The summed E-state index contributed by atoms with van der Waals surface area (Å²) in [7, 11) is 0. The zero-order chi connectivity index (χ0) is 25.3. The highest BCUT2D eigenvalue weighted by atomic mass is 16.5. The van der Waals surface area contributed by atoms with Gasteiger partial charge in [0.15, 0.2) is 0 Å². The van der Waals surface area contributed by atoms with E-state index in [1.807, 2.05) is 39.8 Å². The van der Waals surface area contributed by atoms with Crippen LogP contribution in [0.3, 0.4) is 0 Å². The van der Waals surface area contributed by atoms with E-state index in [-0.39, 0.29) is 43.2 Å². The number of carbonyl (C=O) groups is 2. The third-order valence-electron chi connectivity index (χ3n) is 5.14. The van der Waals surface area contributed by atoms with E-state index in [0.717, 1.165) is 22.4 Å². The lowest BCUT2D eigenvalue weighted by molar-refractivity contribution is -0.142. The van der Waals surface area contributed by atoms with Gasteiger partial charge in [0.1, 0.15) is 18.2 Å². The number of amidine groups is 1. The Morgan fingerprint density at radius 1 is 1.12 bits per heavy atom. The van der Waals surface area contributed by atoms with E-state index >= 15 is 0 Å². The van der Waals surface area contributed by atoms with Gasteiger partial charge in [0, 0.05) is 29.3 Å². The van der Waals surface area contributed by atoms with Gasteiger partial charge in [0.2, 0.25) is 5.91 Å². The Balaban J connectivity index is 2.16. The van der Waals surface area contributed by atoms with E-state index in [4.69, 9.17) is 20.6 Å². The molecule has 0 atom stereocenters. The number of nitrogens with two attached hydrogens (primary N) is 1. The standard InChI is InChI=1S/C27H33N3O4/c1-6-33-25(31)13-14-30(27(32)18(2)3)24-17-19(4)22(16-20(24)5)8-7-15-34-23-11-9-21(10-12-23)26(28)29/h9-12,16-18H,6,13-15H2,1-5H3,(H3,28,29). The number of hydrogen-bond acceptors (Lipinski definition) is 5. The van der Waals surface area contributed by atoms with E-state index in [1.54, 1.807) is 36.1 Å². The van der Waals surface area contributed by atoms with Crippen molar-refractivity contribution >= 4 is 23.4 Å². The molecule has 0 fully saturated rings. The number of rotatable bonds is 9. The van der Waals surface area contributed by atoms with Crippen molar-refractivity contribution in [2.24, 2.45) is 11.7 Å². The molecule has 0 spiro atoms. The molecule has 7 heteroatoms. The molecule has 180 valence electrons. The Morgan fingerprint density at radius 3 is 2.38 bits per heavy atom. The van der Waals surface area contributed by atoms with Crippen molar-refractivity contribution in [3.63, 3.8) is 0 Å². The van der Waals surface area contributed by atoms with Gasteiger partial charge in [0.05, 0.1) is 13.0 Å². The quantitative estimate of drug-likeness (QED) is 0.253. The maximum Gasteiger partial charge on any atom is 0.307 e. The van der Waals surface area contributed by atoms with Crippen LogP contribution in [0.15, 0.2) is 36.4 Å². The highest BCUT2D eigenvalue weighted by molar-refractivity contribution is 5.96. The number of nitrogens with one attached hydrogen (secondary N) is 1. The SMILES string of the molecule is CCOC(=O)CCN(C(=O)C(C)C)c1cc(C)c(C#CCOc2ccc(C(=N)N)cc2)cc1C. The van der Waals surface area contributed by atoms with Gasteiger partial charge >= 0.3 is 5.97 Å². The average molecular weight is 464 g/mol. The lowest BCUT2D eigenvalue weighted by atomic mass is 10.0. The molecular weight excluding hydrogens is 430 g/mol. The van der Waals surface area contributed by atoms with Crippen molar-refractivity contribution in [3.05, 3.63) is 58.7 Å². The molecule has 0 saturated carbocycles. The Bertz CT molecular complexity index is 1100. The fourth-order valence-electron chi connectivity index (χ4n) is 3.31. The van der Waals surface area contributed by atoms with E-state index in [0.29, 0.717) is 17.9 Å². The first kappa shape index (κ1) is 26.5. The van der Waals surface area contributed by atoms with Crippen molar-refractivity contribution < 1.29 is 19.1 Å². The number of anilines is 1. The first-order valence-electron chi connectivity index (χ1n) is 11.3. The molecule has 0 aromatic heterocycles. The third kappa shape index (κ3) is 7.38. The van der Waals surface area contributed by atoms with Crippen LogP contribution < -0.4 is 15.4 Å². The Kier molecular flexibility index (Phi) is 9.69. The summed E-state index contributed by atoms with van der Waals surface area (Å²) in [6.45, 7) is 10.1. The second-order valence-electron chi connectivity index (χ2n) is 8.18. The van der Waals surface area contributed by atoms with Gasteiger partial charge in [-0.05, 0) is 68.3 Å². The molecule has 2 aromatic carbocycles. The van der Waals surface area contributed by atoms with Crippen LogP contribution in [0.2, 0.25) is 0 Å². The van der Waals surface area contributed by atoms with Crippen LogP contribution in [0.25, 0.3) is 0 Å². The molecule has 0 heterocycles. The van der Waals surface area contributed by atoms with Gasteiger partial charge in [-0.1, -0.05) is 25.7 Å². The molecule has 0 aliphatic rings. The number of carbonyl (C=O) groups excluding carboxylic acids is 2. The van der Waals surface area contributed by atoms with E-state index < -0.39 is 0 Å². The van der Waals surface area contributed by atoms with E-state index in [2.05, 4.69) is 11.8 Å². The average Bonchev–Trinajstić information content (AvgIpc) is 2.79. The summed E-state index contributed by atoms with van der Waals surface area (Å²) in [5.74, 6) is 6.23. The van der Waals surface area contributed by atoms with Crippen LogP contribution in [0.5, 0.6) is 5.75 Å². The number of hydrogen-bond donors (Lipinski definition) is 2. The van der Waals surface area contributed by atoms with Gasteiger partial charge in [-0.3, -0.25) is 15.0 Å². The topological polar surface area (TPSA) is 106 Å². The fourth-order valence-corrected chi connectivity index (χ4v) is 3.31. The molecule has 0 aliphatic heterocycles. The van der Waals surface area contributed by atoms with Crippen LogP contribution in [0.1, 0.15) is 49.4 Å². The zero-order valence-corrected chi connectivity index (χ0v) is 20.5. The van der Waals surface area contributed by atoms with Crippen LogP contribution in [0.4, 0.5) is 5.69 Å². The molecule has 7 nitrogen and oxygen atoms in total. The van der Waals surface area contributed by atoms with E-state index in [1.165, 1.54) is 0 Å². The summed E-state index contributed by atoms with van der Waals surface area (Å²) in [4.78, 5) is 26.4. The monoisotopic (exact) mass is 463 g/mol. The smallest absolute Gasteiger partial charge is 0.307 e. The first-order valence-corrected chi connectivity index (χ1v) is 11.3. The van der Waals surface area contributed by atoms with Gasteiger partial charge in [-0.2, -0.15) is 0 Å². The molecule has 0 saturated heterocycles. The number of nitrogen functional groups attached to an aromatic ring is 1. The second kappa shape index (κ2) is 12.4. The summed E-state index contributed by atoms with van der Waals surface area (Å²) >= 11 is 0. The molecular formula is C27H33N3O4. The van der Waals surface area contributed by atoms with Gasteiger partial charge in [-0.15, -0.1) is 0 Å². The van der Waals surface area contributed by atoms with Crippen molar-refractivity contribution in [2.45, 2.75) is 41.0 Å². The lowest BCUT2D eigenvalue weighted by Gasteiger charge is -2.27. The Morgan fingerprint density at radius 2 is 1.79 bits per heavy atom. The lowest BCUT2D eigenvalue weighted by Crippen LogP contribution is -2.36. The van der Waals surface area contributed by atoms with Crippen LogP contribution in [-0.4, -0.2) is 37.5 Å². The van der Waals surface area contributed by atoms with Gasteiger partial charge in [-0.25, -0.2) is 0 Å². The molecule has 0 aliphatic carbocycles. The third-order valence-corrected chi connectivity index (χ3v) is 5.14. The zero-order valence-electron chi connectivity index (χ0n) is 20.5. The normalized spacial score (nSPS) is 10.3. The molecule has 3 N–H and O–H groups in total. The minimum absolute atomic E-state index is 0.00943. The molecule has 0 radical (unpaired) electrons. The summed E-state index contributed by atoms with van der Waals surface area (Å²) in [6.07, 6.45) is 0.136. The van der Waals surface area contributed by atoms with Gasteiger partial charge in [0.25, 0.3) is 0 Å². The number of ether oxygens (including phenoxy) is 2.